The Morgan fingerprint density at radius 2 is 2.11 bits per heavy atom. The normalized spacial score (nSPS) is 24.9. The molecule has 3 atom stereocenters. The van der Waals surface area contributed by atoms with Crippen molar-refractivity contribution in [2.75, 3.05) is 13.6 Å². The summed E-state index contributed by atoms with van der Waals surface area (Å²) in [5.41, 5.74) is 0.798. The average Bonchev–Trinajstić information content (AvgIpc) is 2.86. The van der Waals surface area contributed by atoms with Crippen molar-refractivity contribution in [3.05, 3.63) is 35.6 Å². The molecule has 2 nitrogen and oxygen atoms in total. The molecule has 0 aromatic heterocycles. The molecule has 1 fully saturated rings. The van der Waals surface area contributed by atoms with Gasteiger partial charge in [0.1, 0.15) is 5.82 Å². The fourth-order valence-electron chi connectivity index (χ4n) is 3.25. The number of hydrogen-bond donors (Lipinski definition) is 1. The van der Waals surface area contributed by atoms with E-state index >= 15 is 0 Å². The van der Waals surface area contributed by atoms with Crippen LogP contribution >= 0.6 is 0 Å². The van der Waals surface area contributed by atoms with Gasteiger partial charge in [-0.3, -0.25) is 4.90 Å². The zero-order valence-electron chi connectivity index (χ0n) is 12.2. The number of hydrogen-bond acceptors (Lipinski definition) is 2. The van der Waals surface area contributed by atoms with Crippen molar-refractivity contribution in [1.29, 1.82) is 0 Å². The summed E-state index contributed by atoms with van der Waals surface area (Å²) >= 11 is 0. The SMILES string of the molecule is CCNC1CCCC1N(C)C(C)c1ccccc1F. The van der Waals surface area contributed by atoms with Gasteiger partial charge in [-0.2, -0.15) is 0 Å². The molecule has 0 heterocycles. The van der Waals surface area contributed by atoms with Crippen LogP contribution in [-0.4, -0.2) is 30.6 Å². The van der Waals surface area contributed by atoms with E-state index in [-0.39, 0.29) is 11.9 Å². The molecule has 3 unspecified atom stereocenters. The zero-order valence-corrected chi connectivity index (χ0v) is 12.2. The van der Waals surface area contributed by atoms with Gasteiger partial charge in [-0.1, -0.05) is 31.5 Å². The van der Waals surface area contributed by atoms with E-state index in [0.717, 1.165) is 12.1 Å². The Balaban J connectivity index is 2.10. The first kappa shape index (κ1) is 14.5. The largest absolute Gasteiger partial charge is 0.313 e. The minimum absolute atomic E-state index is 0.0974. The topological polar surface area (TPSA) is 15.3 Å². The number of nitrogens with one attached hydrogen (secondary N) is 1. The van der Waals surface area contributed by atoms with Crippen LogP contribution in [0.3, 0.4) is 0 Å². The van der Waals surface area contributed by atoms with Crippen molar-refractivity contribution in [1.82, 2.24) is 10.2 Å². The second kappa shape index (κ2) is 6.49. The molecule has 0 saturated heterocycles. The van der Waals surface area contributed by atoms with E-state index in [2.05, 4.69) is 31.1 Å². The monoisotopic (exact) mass is 264 g/mol. The van der Waals surface area contributed by atoms with E-state index in [9.17, 15) is 4.39 Å². The number of rotatable bonds is 5. The highest BCUT2D eigenvalue weighted by Crippen LogP contribution is 2.30. The Hall–Kier alpha value is -0.930. The Labute approximate surface area is 116 Å². The van der Waals surface area contributed by atoms with Crippen LogP contribution in [0.1, 0.15) is 44.7 Å². The molecule has 1 aromatic carbocycles. The van der Waals surface area contributed by atoms with E-state index in [1.165, 1.54) is 19.3 Å². The molecule has 1 saturated carbocycles. The van der Waals surface area contributed by atoms with Crippen LogP contribution in [0, 0.1) is 5.82 Å². The first-order chi connectivity index (χ1) is 9.15. The molecule has 0 aliphatic heterocycles. The van der Waals surface area contributed by atoms with E-state index in [1.807, 2.05) is 12.1 Å². The van der Waals surface area contributed by atoms with Crippen LogP contribution in [0.15, 0.2) is 24.3 Å². The molecule has 1 aromatic rings. The Kier molecular flexibility index (Phi) is 4.94. The van der Waals surface area contributed by atoms with Gasteiger partial charge < -0.3 is 5.32 Å². The highest BCUT2D eigenvalue weighted by atomic mass is 19.1. The maximum absolute atomic E-state index is 13.9. The summed E-state index contributed by atoms with van der Waals surface area (Å²) in [4.78, 5) is 2.33. The predicted molar refractivity (Wildman–Crippen MR) is 77.7 cm³/mol. The van der Waals surface area contributed by atoms with Crippen molar-refractivity contribution in [3.63, 3.8) is 0 Å². The van der Waals surface area contributed by atoms with E-state index in [4.69, 9.17) is 0 Å². The molecule has 1 aliphatic rings. The zero-order chi connectivity index (χ0) is 13.8. The third-order valence-electron chi connectivity index (χ3n) is 4.44. The van der Waals surface area contributed by atoms with Crippen LogP contribution in [-0.2, 0) is 0 Å². The maximum atomic E-state index is 13.9. The standard InChI is InChI=1S/C16H25FN2/c1-4-18-15-10-7-11-16(15)19(3)12(2)13-8-5-6-9-14(13)17/h5-6,8-9,12,15-16,18H,4,7,10-11H2,1-3H3. The summed E-state index contributed by atoms with van der Waals surface area (Å²) in [6.07, 6.45) is 3.69. The number of halogens is 1. The second-order valence-electron chi connectivity index (χ2n) is 5.53. The molecule has 0 radical (unpaired) electrons. The lowest BCUT2D eigenvalue weighted by molar-refractivity contribution is 0.160. The minimum atomic E-state index is -0.0974. The lowest BCUT2D eigenvalue weighted by Gasteiger charge is -2.35. The summed E-state index contributed by atoms with van der Waals surface area (Å²) in [6, 6.07) is 8.29. The lowest BCUT2D eigenvalue weighted by atomic mass is 10.0. The van der Waals surface area contributed by atoms with E-state index < -0.39 is 0 Å². The Morgan fingerprint density at radius 1 is 1.37 bits per heavy atom. The molecule has 2 rings (SSSR count). The van der Waals surface area contributed by atoms with E-state index in [1.54, 1.807) is 12.1 Å². The first-order valence-electron chi connectivity index (χ1n) is 7.35. The molecular weight excluding hydrogens is 239 g/mol. The van der Waals surface area contributed by atoms with Gasteiger partial charge in [0.05, 0.1) is 0 Å². The number of likely N-dealkylation sites (N-methyl/N-ethyl adjacent to an activating group) is 2. The van der Waals surface area contributed by atoms with Crippen molar-refractivity contribution in [2.45, 2.75) is 51.2 Å². The maximum Gasteiger partial charge on any atom is 0.127 e. The Bertz CT molecular complexity index is 407. The van der Waals surface area contributed by atoms with Gasteiger partial charge in [0.2, 0.25) is 0 Å². The molecule has 1 N–H and O–H groups in total. The molecule has 0 spiro atoms. The van der Waals surface area contributed by atoms with Crippen LogP contribution < -0.4 is 5.32 Å². The summed E-state index contributed by atoms with van der Waals surface area (Å²) < 4.78 is 13.9. The number of benzene rings is 1. The summed E-state index contributed by atoms with van der Waals surface area (Å²) in [5, 5.41) is 3.56. The molecule has 0 bridgehead atoms. The Morgan fingerprint density at radius 3 is 2.79 bits per heavy atom. The van der Waals surface area contributed by atoms with Crippen LogP contribution in [0.2, 0.25) is 0 Å². The third-order valence-corrected chi connectivity index (χ3v) is 4.44. The second-order valence-corrected chi connectivity index (χ2v) is 5.53. The minimum Gasteiger partial charge on any atom is -0.313 e. The molecule has 0 amide bonds. The van der Waals surface area contributed by atoms with Crippen LogP contribution in [0.25, 0.3) is 0 Å². The fraction of sp³-hybridized carbons (Fsp3) is 0.625. The van der Waals surface area contributed by atoms with Crippen molar-refractivity contribution < 1.29 is 4.39 Å². The number of nitrogens with zero attached hydrogens (tertiary/aromatic N) is 1. The third kappa shape index (κ3) is 3.15. The molecule has 106 valence electrons. The van der Waals surface area contributed by atoms with Gasteiger partial charge in [-0.25, -0.2) is 4.39 Å². The average molecular weight is 264 g/mol. The highest BCUT2D eigenvalue weighted by molar-refractivity contribution is 5.21. The van der Waals surface area contributed by atoms with Crippen molar-refractivity contribution in [2.24, 2.45) is 0 Å². The fourth-order valence-corrected chi connectivity index (χ4v) is 3.25. The summed E-state index contributed by atoms with van der Waals surface area (Å²) in [6.45, 7) is 5.25. The smallest absolute Gasteiger partial charge is 0.127 e. The van der Waals surface area contributed by atoms with Gasteiger partial charge in [-0.05, 0) is 39.4 Å². The van der Waals surface area contributed by atoms with Crippen LogP contribution in [0.5, 0.6) is 0 Å². The predicted octanol–water partition coefficient (Wildman–Crippen LogP) is 3.35. The quantitative estimate of drug-likeness (QED) is 0.877. The molecule has 1 aliphatic carbocycles. The van der Waals surface area contributed by atoms with Gasteiger partial charge in [0, 0.05) is 23.7 Å². The van der Waals surface area contributed by atoms with Crippen molar-refractivity contribution >= 4 is 0 Å². The van der Waals surface area contributed by atoms with Gasteiger partial charge >= 0.3 is 0 Å². The van der Waals surface area contributed by atoms with Gasteiger partial charge in [-0.15, -0.1) is 0 Å². The highest BCUT2D eigenvalue weighted by Gasteiger charge is 2.32. The molecular formula is C16H25FN2. The van der Waals surface area contributed by atoms with Crippen molar-refractivity contribution in [3.8, 4) is 0 Å². The van der Waals surface area contributed by atoms with Gasteiger partial charge in [0.25, 0.3) is 0 Å². The molecule has 19 heavy (non-hydrogen) atoms. The molecule has 3 heteroatoms. The van der Waals surface area contributed by atoms with Gasteiger partial charge in [0.15, 0.2) is 0 Å². The van der Waals surface area contributed by atoms with Crippen LogP contribution in [0.4, 0.5) is 4.39 Å². The first-order valence-corrected chi connectivity index (χ1v) is 7.35. The summed E-state index contributed by atoms with van der Waals surface area (Å²) in [5.74, 6) is -0.0974. The summed E-state index contributed by atoms with van der Waals surface area (Å²) in [7, 11) is 2.12. The lowest BCUT2D eigenvalue weighted by Crippen LogP contribution is -2.46. The van der Waals surface area contributed by atoms with E-state index in [0.29, 0.717) is 12.1 Å².